The third-order valence-corrected chi connectivity index (χ3v) is 5.03. The van der Waals surface area contributed by atoms with Gasteiger partial charge in [-0.3, -0.25) is 4.79 Å². The van der Waals surface area contributed by atoms with Crippen LogP contribution in [0.4, 0.5) is 0 Å². The first kappa shape index (κ1) is 13.9. The molecule has 1 aliphatic heterocycles. The third-order valence-electron chi connectivity index (χ3n) is 5.03. The molecule has 0 radical (unpaired) electrons. The molecule has 0 N–H and O–H groups in total. The first-order chi connectivity index (χ1) is 8.60. The van der Waals surface area contributed by atoms with Gasteiger partial charge in [0.05, 0.1) is 0 Å². The van der Waals surface area contributed by atoms with E-state index in [1.165, 1.54) is 25.8 Å². The van der Waals surface area contributed by atoms with E-state index in [1.54, 1.807) is 0 Å². The summed E-state index contributed by atoms with van der Waals surface area (Å²) in [5.74, 6) is 0.323. The standard InChI is InChI=1S/C15H28N2O/c1-4-14(18)17-10-6-13(7-11-17)16(3)12-15(5-2)8-9-15/h13H,4-12H2,1-3H3. The fraction of sp³-hybridized carbons (Fsp3) is 0.933. The Hall–Kier alpha value is -0.570. The quantitative estimate of drug-likeness (QED) is 0.750. The Kier molecular flexibility index (Phi) is 4.31. The smallest absolute Gasteiger partial charge is 0.222 e. The number of carbonyl (C=O) groups excluding carboxylic acids is 1. The monoisotopic (exact) mass is 252 g/mol. The Morgan fingerprint density at radius 2 is 1.89 bits per heavy atom. The van der Waals surface area contributed by atoms with Gasteiger partial charge in [-0.05, 0) is 44.6 Å². The van der Waals surface area contributed by atoms with Crippen molar-refractivity contribution in [2.24, 2.45) is 5.41 Å². The van der Waals surface area contributed by atoms with Crippen LogP contribution in [0.1, 0.15) is 52.4 Å². The van der Waals surface area contributed by atoms with Crippen LogP contribution in [0.5, 0.6) is 0 Å². The zero-order valence-electron chi connectivity index (χ0n) is 12.2. The summed E-state index contributed by atoms with van der Waals surface area (Å²) in [5, 5.41) is 0. The van der Waals surface area contributed by atoms with Crippen LogP contribution < -0.4 is 0 Å². The Labute approximate surface area is 112 Å². The lowest BCUT2D eigenvalue weighted by atomic mass is 9.98. The predicted octanol–water partition coefficient (Wildman–Crippen LogP) is 2.51. The molecule has 0 aromatic rings. The van der Waals surface area contributed by atoms with E-state index in [-0.39, 0.29) is 0 Å². The third kappa shape index (κ3) is 3.05. The largest absolute Gasteiger partial charge is 0.343 e. The molecule has 0 aromatic heterocycles. The van der Waals surface area contributed by atoms with Gasteiger partial charge in [-0.1, -0.05) is 13.8 Å². The van der Waals surface area contributed by atoms with Crippen molar-refractivity contribution < 1.29 is 4.79 Å². The molecule has 1 heterocycles. The second kappa shape index (κ2) is 5.60. The lowest BCUT2D eigenvalue weighted by Gasteiger charge is -2.38. The van der Waals surface area contributed by atoms with Crippen molar-refractivity contribution in [2.45, 2.75) is 58.4 Å². The summed E-state index contributed by atoms with van der Waals surface area (Å²) in [6.45, 7) is 7.46. The van der Waals surface area contributed by atoms with Crippen molar-refractivity contribution in [1.29, 1.82) is 0 Å². The van der Waals surface area contributed by atoms with E-state index >= 15 is 0 Å². The van der Waals surface area contributed by atoms with Crippen molar-refractivity contribution in [3.63, 3.8) is 0 Å². The van der Waals surface area contributed by atoms with Crippen LogP contribution >= 0.6 is 0 Å². The van der Waals surface area contributed by atoms with Crippen LogP contribution in [0.25, 0.3) is 0 Å². The van der Waals surface area contributed by atoms with E-state index in [0.717, 1.165) is 25.9 Å². The highest BCUT2D eigenvalue weighted by atomic mass is 16.2. The predicted molar refractivity (Wildman–Crippen MR) is 74.5 cm³/mol. The number of hydrogen-bond donors (Lipinski definition) is 0. The molecule has 0 spiro atoms. The highest BCUT2D eigenvalue weighted by Gasteiger charge is 2.42. The van der Waals surface area contributed by atoms with Gasteiger partial charge < -0.3 is 9.80 Å². The molecule has 3 heteroatoms. The molecule has 0 atom stereocenters. The van der Waals surface area contributed by atoms with Gasteiger partial charge in [-0.25, -0.2) is 0 Å². The molecule has 18 heavy (non-hydrogen) atoms. The lowest BCUT2D eigenvalue weighted by molar-refractivity contribution is -0.132. The second-order valence-corrected chi connectivity index (χ2v) is 6.23. The molecule has 2 rings (SSSR count). The Morgan fingerprint density at radius 1 is 1.28 bits per heavy atom. The molecule has 1 saturated carbocycles. The normalized spacial score (nSPS) is 23.4. The topological polar surface area (TPSA) is 23.6 Å². The van der Waals surface area contributed by atoms with E-state index in [0.29, 0.717) is 23.8 Å². The van der Waals surface area contributed by atoms with Gasteiger partial charge in [0.15, 0.2) is 0 Å². The summed E-state index contributed by atoms with van der Waals surface area (Å²) in [7, 11) is 2.28. The van der Waals surface area contributed by atoms with Crippen molar-refractivity contribution in [3.05, 3.63) is 0 Å². The van der Waals surface area contributed by atoms with Crippen molar-refractivity contribution in [3.8, 4) is 0 Å². The maximum absolute atomic E-state index is 11.6. The highest BCUT2D eigenvalue weighted by molar-refractivity contribution is 5.75. The maximum Gasteiger partial charge on any atom is 0.222 e. The number of carbonyl (C=O) groups is 1. The fourth-order valence-electron chi connectivity index (χ4n) is 3.24. The molecule has 0 unspecified atom stereocenters. The Balaban J connectivity index is 1.77. The van der Waals surface area contributed by atoms with Crippen LogP contribution in [0, 0.1) is 5.41 Å². The molecule has 1 saturated heterocycles. The lowest BCUT2D eigenvalue weighted by Crippen LogP contribution is -2.46. The highest BCUT2D eigenvalue weighted by Crippen LogP contribution is 2.49. The number of likely N-dealkylation sites (tertiary alicyclic amines) is 1. The molecule has 2 fully saturated rings. The summed E-state index contributed by atoms with van der Waals surface area (Å²) in [6.07, 6.45) is 7.12. The van der Waals surface area contributed by atoms with Gasteiger partial charge in [0.1, 0.15) is 0 Å². The van der Waals surface area contributed by atoms with E-state index in [9.17, 15) is 4.79 Å². The SMILES string of the molecule is CCC(=O)N1CCC(N(C)CC2(CC)CC2)CC1. The van der Waals surface area contributed by atoms with E-state index in [2.05, 4.69) is 18.9 Å². The minimum Gasteiger partial charge on any atom is -0.343 e. The van der Waals surface area contributed by atoms with Gasteiger partial charge in [-0.15, -0.1) is 0 Å². The average Bonchev–Trinajstić information content (AvgIpc) is 3.18. The number of hydrogen-bond acceptors (Lipinski definition) is 2. The summed E-state index contributed by atoms with van der Waals surface area (Å²) < 4.78 is 0. The molecule has 2 aliphatic rings. The molecule has 3 nitrogen and oxygen atoms in total. The van der Waals surface area contributed by atoms with Gasteiger partial charge >= 0.3 is 0 Å². The molecule has 1 amide bonds. The van der Waals surface area contributed by atoms with Crippen molar-refractivity contribution >= 4 is 5.91 Å². The second-order valence-electron chi connectivity index (χ2n) is 6.23. The minimum absolute atomic E-state index is 0.323. The molecular weight excluding hydrogens is 224 g/mol. The number of amides is 1. The molecule has 0 bridgehead atoms. The number of nitrogens with zero attached hydrogens (tertiary/aromatic N) is 2. The molecule has 1 aliphatic carbocycles. The first-order valence-electron chi connectivity index (χ1n) is 7.58. The summed E-state index contributed by atoms with van der Waals surface area (Å²) in [5.41, 5.74) is 0.644. The van der Waals surface area contributed by atoms with Crippen LogP contribution in [-0.4, -0.2) is 48.4 Å². The summed E-state index contributed by atoms with van der Waals surface area (Å²) >= 11 is 0. The fourth-order valence-corrected chi connectivity index (χ4v) is 3.24. The molecule has 104 valence electrons. The van der Waals surface area contributed by atoms with Crippen molar-refractivity contribution in [1.82, 2.24) is 9.80 Å². The van der Waals surface area contributed by atoms with Gasteiger partial charge in [-0.2, -0.15) is 0 Å². The van der Waals surface area contributed by atoms with Crippen LogP contribution in [-0.2, 0) is 4.79 Å². The summed E-state index contributed by atoms with van der Waals surface area (Å²) in [6, 6.07) is 0.690. The van der Waals surface area contributed by atoms with Gasteiger partial charge in [0.25, 0.3) is 0 Å². The Bertz CT molecular complexity index is 291. The van der Waals surface area contributed by atoms with E-state index in [4.69, 9.17) is 0 Å². The van der Waals surface area contributed by atoms with E-state index in [1.807, 2.05) is 11.8 Å². The molecular formula is C15H28N2O. The van der Waals surface area contributed by atoms with Crippen LogP contribution in [0.3, 0.4) is 0 Å². The van der Waals surface area contributed by atoms with Crippen LogP contribution in [0.15, 0.2) is 0 Å². The van der Waals surface area contributed by atoms with Gasteiger partial charge in [0, 0.05) is 32.1 Å². The average molecular weight is 252 g/mol. The zero-order chi connectivity index (χ0) is 13.2. The molecule has 0 aromatic carbocycles. The van der Waals surface area contributed by atoms with E-state index < -0.39 is 0 Å². The van der Waals surface area contributed by atoms with Crippen LogP contribution in [0.2, 0.25) is 0 Å². The zero-order valence-corrected chi connectivity index (χ0v) is 12.2. The minimum atomic E-state index is 0.323. The first-order valence-corrected chi connectivity index (χ1v) is 7.58. The number of piperidine rings is 1. The number of rotatable bonds is 5. The van der Waals surface area contributed by atoms with Crippen molar-refractivity contribution in [2.75, 3.05) is 26.7 Å². The maximum atomic E-state index is 11.6. The van der Waals surface area contributed by atoms with Gasteiger partial charge in [0.2, 0.25) is 5.91 Å². The Morgan fingerprint density at radius 3 is 2.33 bits per heavy atom. The summed E-state index contributed by atoms with van der Waals surface area (Å²) in [4.78, 5) is 16.2.